The van der Waals surface area contributed by atoms with Crippen molar-refractivity contribution in [3.63, 3.8) is 0 Å². The Hall–Kier alpha value is -7.66. The first-order valence-electron chi connectivity index (χ1n) is 27.1. The van der Waals surface area contributed by atoms with E-state index in [9.17, 15) is 0 Å². The molecule has 0 amide bonds. The van der Waals surface area contributed by atoms with Gasteiger partial charge in [0.1, 0.15) is 0 Å². The second-order valence-corrected chi connectivity index (χ2v) is 24.4. The van der Waals surface area contributed by atoms with Gasteiger partial charge in [-0.05, 0) is 162 Å². The number of benzene rings is 9. The molecule has 0 bridgehead atoms. The zero-order valence-electron chi connectivity index (χ0n) is 44.5. The molecule has 9 aromatic carbocycles. The van der Waals surface area contributed by atoms with Crippen LogP contribution in [0.4, 0.5) is 34.1 Å². The van der Waals surface area contributed by atoms with Crippen molar-refractivity contribution in [3.8, 4) is 44.5 Å². The molecule has 14 rings (SSSR count). The Morgan fingerprint density at radius 3 is 1.68 bits per heavy atom. The molecule has 2 aliphatic heterocycles. The second-order valence-electron chi connectivity index (χ2n) is 23.4. The number of aryl methyl sites for hydroxylation is 2. The number of nitrogens with zero attached hydrogens (tertiary/aromatic N) is 2. The minimum Gasteiger partial charge on any atom is -0.311 e. The van der Waals surface area contributed by atoms with Gasteiger partial charge in [-0.1, -0.05) is 206 Å². The zero-order chi connectivity index (χ0) is 51.2. The molecule has 0 radical (unpaired) electrons. The Bertz CT molecular complexity index is 3920. The highest BCUT2D eigenvalue weighted by Gasteiger charge is 2.57. The lowest BCUT2D eigenvalue weighted by atomic mass is 9.36. The van der Waals surface area contributed by atoms with E-state index in [1.807, 2.05) is 0 Å². The Morgan fingerprint density at radius 2 is 1.05 bits per heavy atom. The topological polar surface area (TPSA) is 6.48 Å². The molecule has 0 saturated heterocycles. The third-order valence-corrected chi connectivity index (χ3v) is 18.5. The summed E-state index contributed by atoms with van der Waals surface area (Å²) in [5.74, 6) is 0.847. The third kappa shape index (κ3) is 6.64. The lowest BCUT2D eigenvalue weighted by molar-refractivity contribution is 0.590. The van der Waals surface area contributed by atoms with Crippen molar-refractivity contribution in [2.75, 3.05) is 9.80 Å². The van der Waals surface area contributed by atoms with Gasteiger partial charge in [-0.3, -0.25) is 0 Å². The monoisotopic (exact) mass is 984 g/mol. The van der Waals surface area contributed by atoms with Crippen LogP contribution in [0.15, 0.2) is 194 Å². The van der Waals surface area contributed by atoms with Gasteiger partial charge in [0.05, 0.1) is 11.1 Å². The first-order chi connectivity index (χ1) is 36.3. The average Bonchev–Trinajstić information content (AvgIpc) is 4.07. The Kier molecular flexibility index (Phi) is 10.2. The van der Waals surface area contributed by atoms with Crippen LogP contribution in [-0.2, 0) is 10.8 Å². The predicted octanol–water partition coefficient (Wildman–Crippen LogP) is 17.7. The van der Waals surface area contributed by atoms with Crippen LogP contribution in [0, 0.1) is 13.8 Å². The summed E-state index contributed by atoms with van der Waals surface area (Å²) >= 11 is 2.07. The SMILES string of the molecule is Cc1cc2c3c(c1)N(c1ccc(C(C)C)cc1)c1c(sc4c1-c1ccc(C)cc1C41c4ccccc4-c4ccccc41)B3c1ccc(-c3cc(C(C)(C)C)ccc3-c3ccccc3)cc1N2c1ccc(C(C)C)cc1. The number of hydrogen-bond acceptors (Lipinski definition) is 3. The molecule has 4 heteroatoms. The van der Waals surface area contributed by atoms with Gasteiger partial charge < -0.3 is 9.80 Å². The molecule has 10 aromatic rings. The molecule has 0 saturated carbocycles. The molecule has 2 aliphatic carbocycles. The highest BCUT2D eigenvalue weighted by molar-refractivity contribution is 7.30. The van der Waals surface area contributed by atoms with Crippen molar-refractivity contribution in [1.82, 2.24) is 0 Å². The van der Waals surface area contributed by atoms with E-state index in [-0.39, 0.29) is 12.1 Å². The van der Waals surface area contributed by atoms with Crippen molar-refractivity contribution >= 4 is 67.9 Å². The van der Waals surface area contributed by atoms with Gasteiger partial charge in [0, 0.05) is 43.7 Å². The van der Waals surface area contributed by atoms with Gasteiger partial charge in [-0.2, -0.15) is 0 Å². The van der Waals surface area contributed by atoms with Crippen molar-refractivity contribution in [2.24, 2.45) is 0 Å². The predicted molar refractivity (Wildman–Crippen MR) is 322 cm³/mol. The van der Waals surface area contributed by atoms with Crippen LogP contribution in [-0.4, -0.2) is 6.71 Å². The summed E-state index contributed by atoms with van der Waals surface area (Å²) in [6.45, 7) is 20.7. The first kappa shape index (κ1) is 45.9. The van der Waals surface area contributed by atoms with Crippen molar-refractivity contribution in [2.45, 2.75) is 85.0 Å². The van der Waals surface area contributed by atoms with E-state index in [4.69, 9.17) is 0 Å². The molecule has 364 valence electrons. The summed E-state index contributed by atoms with van der Waals surface area (Å²) in [5.41, 5.74) is 30.6. The standard InChI is InChI=1S/C71H61BN2S/c1-42(2)46-24-30-51(31-25-46)73-62-40-49(57-41-50(70(7,8)9)29-35-53(57)48-17-11-10-12-18-48)28-36-61(62)72-66-63(73)38-45(6)39-64(66)74(52-32-26-47(27-33-52)43(3)4)67-65-56-34-23-44(5)37-60(56)71(68(65)75-69(67)72)58-21-15-13-19-54(58)55-20-14-16-22-59(55)71/h10-43H,1-9H3. The molecule has 1 spiro atoms. The molecule has 0 N–H and O–H groups in total. The maximum absolute atomic E-state index is 2.68. The van der Waals surface area contributed by atoms with Crippen molar-refractivity contribution in [1.29, 1.82) is 0 Å². The average molecular weight is 985 g/mol. The second kappa shape index (κ2) is 16.7. The van der Waals surface area contributed by atoms with Crippen LogP contribution in [0.1, 0.15) is 110 Å². The van der Waals surface area contributed by atoms with Crippen LogP contribution in [0.2, 0.25) is 0 Å². The van der Waals surface area contributed by atoms with Gasteiger partial charge >= 0.3 is 0 Å². The molecule has 1 aromatic heterocycles. The number of rotatable bonds is 6. The number of hydrogen-bond donors (Lipinski definition) is 0. The van der Waals surface area contributed by atoms with Gasteiger partial charge in [-0.25, -0.2) is 0 Å². The van der Waals surface area contributed by atoms with E-state index in [0.717, 1.165) is 0 Å². The lowest BCUT2D eigenvalue weighted by Crippen LogP contribution is -2.60. The largest absolute Gasteiger partial charge is 0.311 e. The summed E-state index contributed by atoms with van der Waals surface area (Å²) in [4.78, 5) is 6.71. The van der Waals surface area contributed by atoms with Gasteiger partial charge in [0.15, 0.2) is 0 Å². The van der Waals surface area contributed by atoms with E-state index >= 15 is 0 Å². The quantitative estimate of drug-likeness (QED) is 0.153. The van der Waals surface area contributed by atoms with E-state index in [0.29, 0.717) is 11.8 Å². The minimum absolute atomic E-state index is 0.0245. The summed E-state index contributed by atoms with van der Waals surface area (Å²) in [5, 5.41) is 0. The fraction of sp³-hybridized carbons (Fsp3) is 0.183. The number of anilines is 6. The molecular weight excluding hydrogens is 924 g/mol. The maximum Gasteiger partial charge on any atom is 0.264 e. The van der Waals surface area contributed by atoms with E-state index in [2.05, 4.69) is 278 Å². The van der Waals surface area contributed by atoms with E-state index in [1.54, 1.807) is 0 Å². The molecular formula is C71H61BN2S. The van der Waals surface area contributed by atoms with Gasteiger partial charge in [0.2, 0.25) is 0 Å². The maximum atomic E-state index is 2.68. The third-order valence-electron chi connectivity index (χ3n) is 17.1. The highest BCUT2D eigenvalue weighted by atomic mass is 32.1. The molecule has 2 nitrogen and oxygen atoms in total. The Morgan fingerprint density at radius 1 is 0.467 bits per heavy atom. The number of fused-ring (bicyclic) bond motifs is 15. The Labute approximate surface area is 448 Å². The van der Waals surface area contributed by atoms with Crippen LogP contribution in [0.5, 0.6) is 0 Å². The van der Waals surface area contributed by atoms with Crippen LogP contribution >= 0.6 is 11.3 Å². The summed E-state index contributed by atoms with van der Waals surface area (Å²) in [7, 11) is 0. The normalized spacial score (nSPS) is 14.2. The van der Waals surface area contributed by atoms with Gasteiger partial charge in [0.25, 0.3) is 6.71 Å². The zero-order valence-corrected chi connectivity index (χ0v) is 45.3. The molecule has 0 atom stereocenters. The summed E-state index contributed by atoms with van der Waals surface area (Å²) < 4.78 is 1.40. The van der Waals surface area contributed by atoms with Crippen LogP contribution < -0.4 is 25.5 Å². The molecule has 75 heavy (non-hydrogen) atoms. The summed E-state index contributed by atoms with van der Waals surface area (Å²) in [6.07, 6.45) is 0. The summed E-state index contributed by atoms with van der Waals surface area (Å²) in [6, 6.07) is 75.3. The smallest absolute Gasteiger partial charge is 0.264 e. The van der Waals surface area contributed by atoms with Crippen molar-refractivity contribution < 1.29 is 0 Å². The first-order valence-corrected chi connectivity index (χ1v) is 27.9. The molecule has 3 heterocycles. The Balaban J connectivity index is 1.10. The van der Waals surface area contributed by atoms with Crippen LogP contribution in [0.3, 0.4) is 0 Å². The van der Waals surface area contributed by atoms with E-state index < -0.39 is 5.41 Å². The van der Waals surface area contributed by atoms with Crippen LogP contribution in [0.25, 0.3) is 44.5 Å². The molecule has 0 fully saturated rings. The molecule has 0 unspecified atom stereocenters. The van der Waals surface area contributed by atoms with Crippen molar-refractivity contribution in [3.05, 3.63) is 244 Å². The highest BCUT2D eigenvalue weighted by Crippen LogP contribution is 2.67. The molecule has 4 aliphatic rings. The minimum atomic E-state index is -0.471. The fourth-order valence-electron chi connectivity index (χ4n) is 13.4. The lowest BCUT2D eigenvalue weighted by Gasteiger charge is -2.44. The fourth-order valence-corrected chi connectivity index (χ4v) is 15.0. The number of thiophene rings is 1. The van der Waals surface area contributed by atoms with Gasteiger partial charge in [-0.15, -0.1) is 11.3 Å². The van der Waals surface area contributed by atoms with E-state index in [1.165, 1.54) is 144 Å².